The van der Waals surface area contributed by atoms with Gasteiger partial charge in [0.1, 0.15) is 0 Å². The van der Waals surface area contributed by atoms with Crippen LogP contribution in [0.2, 0.25) is 0 Å². The van der Waals surface area contributed by atoms with Gasteiger partial charge in [0.2, 0.25) is 0 Å². The van der Waals surface area contributed by atoms with Crippen molar-refractivity contribution >= 4 is 0 Å². The third-order valence-corrected chi connectivity index (χ3v) is 5.73. The summed E-state index contributed by atoms with van der Waals surface area (Å²) < 4.78 is 0. The van der Waals surface area contributed by atoms with E-state index in [0.717, 1.165) is 5.92 Å². The number of hydrogen-bond donors (Lipinski definition) is 2. The monoisotopic (exact) mass is 258 g/mol. The highest BCUT2D eigenvalue weighted by Crippen LogP contribution is 2.48. The zero-order chi connectivity index (χ0) is 13.3. The molecule has 0 spiro atoms. The molecule has 2 aliphatic rings. The number of rotatable bonds is 5. The van der Waals surface area contributed by atoms with E-state index in [2.05, 4.69) is 36.6 Å². The van der Waals surface area contributed by atoms with Crippen molar-refractivity contribution in [2.24, 2.45) is 11.3 Å². The topological polar surface area (TPSA) is 38.0 Å². The van der Waals surface area contributed by atoms with Crippen LogP contribution in [0.5, 0.6) is 0 Å². The molecule has 1 aromatic rings. The summed E-state index contributed by atoms with van der Waals surface area (Å²) in [5.74, 6) is 6.63. The van der Waals surface area contributed by atoms with E-state index in [1.807, 2.05) is 0 Å². The maximum atomic E-state index is 5.91. The Kier molecular flexibility index (Phi) is 3.64. The van der Waals surface area contributed by atoms with Gasteiger partial charge in [-0.25, -0.2) is 0 Å². The Hall–Kier alpha value is -0.860. The summed E-state index contributed by atoms with van der Waals surface area (Å²) in [7, 11) is 0. The second-order valence-corrected chi connectivity index (χ2v) is 6.48. The summed E-state index contributed by atoms with van der Waals surface area (Å²) in [5, 5.41) is 0. The van der Waals surface area contributed by atoms with Gasteiger partial charge in [0, 0.05) is 6.04 Å². The first kappa shape index (κ1) is 13.1. The summed E-state index contributed by atoms with van der Waals surface area (Å²) in [4.78, 5) is 0. The van der Waals surface area contributed by atoms with Crippen molar-refractivity contribution in [3.63, 3.8) is 0 Å². The molecule has 0 heterocycles. The molecule has 2 aliphatic carbocycles. The van der Waals surface area contributed by atoms with Gasteiger partial charge in [0.05, 0.1) is 0 Å². The van der Waals surface area contributed by atoms with Crippen LogP contribution in [-0.2, 0) is 6.42 Å². The lowest BCUT2D eigenvalue weighted by Gasteiger charge is -2.41. The minimum Gasteiger partial charge on any atom is -0.271 e. The molecule has 2 atom stereocenters. The van der Waals surface area contributed by atoms with Crippen molar-refractivity contribution in [1.82, 2.24) is 5.43 Å². The van der Waals surface area contributed by atoms with E-state index in [9.17, 15) is 0 Å². The van der Waals surface area contributed by atoms with Crippen LogP contribution in [0.15, 0.2) is 24.3 Å². The molecule has 3 N–H and O–H groups in total. The number of benzene rings is 1. The predicted octanol–water partition coefficient (Wildman–Crippen LogP) is 3.52. The van der Waals surface area contributed by atoms with Gasteiger partial charge in [-0.3, -0.25) is 11.3 Å². The minimum absolute atomic E-state index is 0.458. The molecule has 3 rings (SSSR count). The van der Waals surface area contributed by atoms with Crippen molar-refractivity contribution in [2.75, 3.05) is 0 Å². The SMILES string of the molecule is CCC1(C(CC2Cc3ccccc32)NN)CCCC1. The average Bonchev–Trinajstić information content (AvgIpc) is 2.90. The molecular formula is C17H26N2. The van der Waals surface area contributed by atoms with Crippen molar-refractivity contribution in [2.45, 2.75) is 63.8 Å². The molecule has 2 nitrogen and oxygen atoms in total. The highest BCUT2D eigenvalue weighted by atomic mass is 15.2. The molecule has 0 aromatic heterocycles. The van der Waals surface area contributed by atoms with Crippen molar-refractivity contribution in [3.05, 3.63) is 35.4 Å². The van der Waals surface area contributed by atoms with E-state index in [0.29, 0.717) is 11.5 Å². The Bertz CT molecular complexity index is 435. The molecule has 0 amide bonds. The average molecular weight is 258 g/mol. The predicted molar refractivity (Wildman–Crippen MR) is 79.8 cm³/mol. The van der Waals surface area contributed by atoms with Crippen molar-refractivity contribution in [1.29, 1.82) is 0 Å². The number of hydrazine groups is 1. The molecule has 0 bridgehead atoms. The van der Waals surface area contributed by atoms with Crippen molar-refractivity contribution < 1.29 is 0 Å². The smallest absolute Gasteiger partial charge is 0.0272 e. The number of nitrogens with two attached hydrogens (primary N) is 1. The highest BCUT2D eigenvalue weighted by Gasteiger charge is 2.41. The van der Waals surface area contributed by atoms with Gasteiger partial charge in [0.25, 0.3) is 0 Å². The molecule has 1 aromatic carbocycles. The Balaban J connectivity index is 1.71. The van der Waals surface area contributed by atoms with Crippen LogP contribution in [0.4, 0.5) is 0 Å². The molecular weight excluding hydrogens is 232 g/mol. The van der Waals surface area contributed by atoms with Crippen LogP contribution in [0.25, 0.3) is 0 Å². The quantitative estimate of drug-likeness (QED) is 0.626. The molecule has 104 valence electrons. The van der Waals surface area contributed by atoms with Crippen LogP contribution in [0.1, 0.15) is 62.5 Å². The van der Waals surface area contributed by atoms with Crippen LogP contribution < -0.4 is 11.3 Å². The van der Waals surface area contributed by atoms with E-state index >= 15 is 0 Å². The van der Waals surface area contributed by atoms with E-state index < -0.39 is 0 Å². The maximum Gasteiger partial charge on any atom is 0.0272 e. The number of hydrogen-bond acceptors (Lipinski definition) is 2. The second kappa shape index (κ2) is 5.26. The van der Waals surface area contributed by atoms with Gasteiger partial charge in [-0.15, -0.1) is 0 Å². The fourth-order valence-electron chi connectivity index (χ4n) is 4.38. The molecule has 2 unspecified atom stereocenters. The van der Waals surface area contributed by atoms with Gasteiger partial charge >= 0.3 is 0 Å². The Morgan fingerprint density at radius 2 is 2.05 bits per heavy atom. The summed E-state index contributed by atoms with van der Waals surface area (Å²) >= 11 is 0. The fourth-order valence-corrected chi connectivity index (χ4v) is 4.38. The molecule has 2 heteroatoms. The fraction of sp³-hybridized carbons (Fsp3) is 0.647. The van der Waals surface area contributed by atoms with Gasteiger partial charge < -0.3 is 0 Å². The van der Waals surface area contributed by atoms with Crippen LogP contribution in [-0.4, -0.2) is 6.04 Å². The first-order chi connectivity index (χ1) is 9.29. The lowest BCUT2D eigenvalue weighted by molar-refractivity contribution is 0.166. The van der Waals surface area contributed by atoms with E-state index in [4.69, 9.17) is 5.84 Å². The maximum absolute atomic E-state index is 5.91. The Morgan fingerprint density at radius 3 is 2.68 bits per heavy atom. The Morgan fingerprint density at radius 1 is 1.32 bits per heavy atom. The Labute approximate surface area is 116 Å². The largest absolute Gasteiger partial charge is 0.271 e. The summed E-state index contributed by atoms with van der Waals surface area (Å²) in [6, 6.07) is 9.37. The summed E-state index contributed by atoms with van der Waals surface area (Å²) in [5.41, 5.74) is 6.73. The third kappa shape index (κ3) is 2.21. The van der Waals surface area contributed by atoms with Crippen molar-refractivity contribution in [3.8, 4) is 0 Å². The van der Waals surface area contributed by atoms with E-state index in [1.165, 1.54) is 44.9 Å². The van der Waals surface area contributed by atoms with Crippen LogP contribution >= 0.6 is 0 Å². The lowest BCUT2D eigenvalue weighted by Crippen LogP contribution is -2.48. The first-order valence-electron chi connectivity index (χ1n) is 7.83. The number of fused-ring (bicyclic) bond motifs is 1. The molecule has 0 saturated heterocycles. The van der Waals surface area contributed by atoms with Crippen LogP contribution in [0.3, 0.4) is 0 Å². The van der Waals surface area contributed by atoms with Gasteiger partial charge in [0.15, 0.2) is 0 Å². The molecule has 0 aliphatic heterocycles. The van der Waals surface area contributed by atoms with E-state index in [1.54, 1.807) is 11.1 Å². The third-order valence-electron chi connectivity index (χ3n) is 5.73. The molecule has 0 radical (unpaired) electrons. The summed E-state index contributed by atoms with van der Waals surface area (Å²) in [6.07, 6.45) is 9.19. The standard InChI is InChI=1S/C17H26N2/c1-2-17(9-5-6-10-17)16(19-18)12-14-11-13-7-3-4-8-15(13)14/h3-4,7-8,14,16,19H,2,5-6,9-12,18H2,1H3. The molecule has 1 fully saturated rings. The zero-order valence-electron chi connectivity index (χ0n) is 12.0. The second-order valence-electron chi connectivity index (χ2n) is 6.48. The van der Waals surface area contributed by atoms with Crippen LogP contribution in [0, 0.1) is 5.41 Å². The van der Waals surface area contributed by atoms with Gasteiger partial charge in [-0.05, 0) is 54.6 Å². The van der Waals surface area contributed by atoms with E-state index in [-0.39, 0.29) is 0 Å². The minimum atomic E-state index is 0.458. The van der Waals surface area contributed by atoms with Gasteiger partial charge in [-0.1, -0.05) is 44.0 Å². The first-order valence-corrected chi connectivity index (χ1v) is 7.83. The zero-order valence-corrected chi connectivity index (χ0v) is 12.0. The molecule has 1 saturated carbocycles. The lowest BCUT2D eigenvalue weighted by atomic mass is 9.68. The van der Waals surface area contributed by atoms with Gasteiger partial charge in [-0.2, -0.15) is 0 Å². The normalized spacial score (nSPS) is 25.7. The summed E-state index contributed by atoms with van der Waals surface area (Å²) in [6.45, 7) is 2.34. The highest BCUT2D eigenvalue weighted by molar-refractivity contribution is 5.40. The molecule has 19 heavy (non-hydrogen) atoms. The number of nitrogens with one attached hydrogen (secondary N) is 1.